The van der Waals surface area contributed by atoms with Gasteiger partial charge in [-0.2, -0.15) is 5.10 Å². The first kappa shape index (κ1) is 10.6. The minimum absolute atomic E-state index is 0.358. The molecule has 2 heterocycles. The maximum Gasteiger partial charge on any atom is 0.0821 e. The molecule has 2 rings (SSSR count). The molecule has 2 atom stereocenters. The summed E-state index contributed by atoms with van der Waals surface area (Å²) in [5.74, 6) is 0. The molecule has 2 unspecified atom stereocenters. The number of hydrogen-bond donors (Lipinski definition) is 1. The highest BCUT2D eigenvalue weighted by Crippen LogP contribution is 2.23. The maximum atomic E-state index is 9.89. The van der Waals surface area contributed by atoms with Gasteiger partial charge in [0.25, 0.3) is 0 Å². The van der Waals surface area contributed by atoms with Crippen LogP contribution in [-0.4, -0.2) is 27.6 Å². The van der Waals surface area contributed by atoms with Crippen LogP contribution in [-0.2, 0) is 11.8 Å². The predicted octanol–water partition coefficient (Wildman–Crippen LogP) is 1.41. The molecule has 0 radical (unpaired) electrons. The molecular formula is C11H18N2O2. The first-order valence-electron chi connectivity index (χ1n) is 5.54. The van der Waals surface area contributed by atoms with Gasteiger partial charge in [0.15, 0.2) is 0 Å². The van der Waals surface area contributed by atoms with Crippen molar-refractivity contribution < 1.29 is 9.84 Å². The van der Waals surface area contributed by atoms with E-state index >= 15 is 0 Å². The lowest BCUT2D eigenvalue weighted by molar-refractivity contribution is 0.0812. The average molecular weight is 210 g/mol. The number of nitrogens with zero attached hydrogens (tertiary/aromatic N) is 2. The Morgan fingerprint density at radius 2 is 2.60 bits per heavy atom. The fourth-order valence-corrected chi connectivity index (χ4v) is 1.99. The largest absolute Gasteiger partial charge is 0.388 e. The van der Waals surface area contributed by atoms with E-state index in [4.69, 9.17) is 4.74 Å². The van der Waals surface area contributed by atoms with E-state index in [9.17, 15) is 5.11 Å². The number of rotatable bonds is 4. The lowest BCUT2D eigenvalue weighted by Crippen LogP contribution is -2.07. The Morgan fingerprint density at radius 1 is 1.73 bits per heavy atom. The van der Waals surface area contributed by atoms with Crippen LogP contribution >= 0.6 is 0 Å². The summed E-state index contributed by atoms with van der Waals surface area (Å²) in [6.45, 7) is 0.883. The van der Waals surface area contributed by atoms with Crippen molar-refractivity contribution in [2.45, 2.75) is 37.9 Å². The predicted molar refractivity (Wildman–Crippen MR) is 56.4 cm³/mol. The zero-order chi connectivity index (χ0) is 10.7. The number of aryl methyl sites for hydroxylation is 1. The van der Waals surface area contributed by atoms with Crippen LogP contribution in [0.3, 0.4) is 0 Å². The second-order valence-electron chi connectivity index (χ2n) is 4.18. The van der Waals surface area contributed by atoms with Crippen molar-refractivity contribution in [3.8, 4) is 0 Å². The summed E-state index contributed by atoms with van der Waals surface area (Å²) in [4.78, 5) is 0. The number of aliphatic hydroxyl groups excluding tert-OH is 1. The minimum Gasteiger partial charge on any atom is -0.388 e. The first-order valence-corrected chi connectivity index (χ1v) is 5.54. The van der Waals surface area contributed by atoms with E-state index < -0.39 is 6.10 Å². The van der Waals surface area contributed by atoms with Gasteiger partial charge in [-0.3, -0.25) is 4.68 Å². The zero-order valence-corrected chi connectivity index (χ0v) is 9.09. The molecule has 1 saturated heterocycles. The van der Waals surface area contributed by atoms with Crippen LogP contribution in [0.5, 0.6) is 0 Å². The first-order chi connectivity index (χ1) is 7.25. The number of ether oxygens (including phenoxy) is 1. The van der Waals surface area contributed by atoms with E-state index in [1.807, 2.05) is 13.2 Å². The SMILES string of the molecule is Cn1cc(C(O)CCC2CCCO2)cn1. The van der Waals surface area contributed by atoms with Gasteiger partial charge in [-0.1, -0.05) is 0 Å². The molecule has 0 aliphatic carbocycles. The summed E-state index contributed by atoms with van der Waals surface area (Å²) >= 11 is 0. The van der Waals surface area contributed by atoms with Gasteiger partial charge in [0.2, 0.25) is 0 Å². The van der Waals surface area contributed by atoms with Crippen LogP contribution < -0.4 is 0 Å². The molecule has 1 aromatic heterocycles. The second-order valence-corrected chi connectivity index (χ2v) is 4.18. The lowest BCUT2D eigenvalue weighted by atomic mass is 10.0. The maximum absolute atomic E-state index is 9.89. The molecule has 0 saturated carbocycles. The van der Waals surface area contributed by atoms with Gasteiger partial charge in [0.05, 0.1) is 18.4 Å². The van der Waals surface area contributed by atoms with Crippen molar-refractivity contribution >= 4 is 0 Å². The van der Waals surface area contributed by atoms with E-state index in [1.54, 1.807) is 10.9 Å². The molecular weight excluding hydrogens is 192 g/mol. The minimum atomic E-state index is -0.400. The van der Waals surface area contributed by atoms with Crippen LogP contribution in [0, 0.1) is 0 Å². The molecule has 1 N–H and O–H groups in total. The van der Waals surface area contributed by atoms with E-state index in [0.29, 0.717) is 6.10 Å². The van der Waals surface area contributed by atoms with Crippen molar-refractivity contribution in [2.24, 2.45) is 7.05 Å². The van der Waals surface area contributed by atoms with Gasteiger partial charge in [-0.05, 0) is 25.7 Å². The van der Waals surface area contributed by atoms with Crippen LogP contribution in [0.2, 0.25) is 0 Å². The summed E-state index contributed by atoms with van der Waals surface area (Å²) in [5, 5.41) is 13.9. The Kier molecular flexibility index (Phi) is 3.38. The third kappa shape index (κ3) is 2.79. The lowest BCUT2D eigenvalue weighted by Gasteiger charge is -2.12. The molecule has 0 aromatic carbocycles. The highest BCUT2D eigenvalue weighted by atomic mass is 16.5. The van der Waals surface area contributed by atoms with Crippen LogP contribution in [0.15, 0.2) is 12.4 Å². The highest BCUT2D eigenvalue weighted by molar-refractivity contribution is 5.07. The zero-order valence-electron chi connectivity index (χ0n) is 9.09. The van der Waals surface area contributed by atoms with Gasteiger partial charge in [-0.25, -0.2) is 0 Å². The molecule has 0 spiro atoms. The van der Waals surface area contributed by atoms with Crippen molar-refractivity contribution in [1.29, 1.82) is 0 Å². The Balaban J connectivity index is 1.79. The van der Waals surface area contributed by atoms with Crippen LogP contribution in [0.4, 0.5) is 0 Å². The molecule has 0 bridgehead atoms. The quantitative estimate of drug-likeness (QED) is 0.817. The molecule has 1 aliphatic rings. The van der Waals surface area contributed by atoms with Crippen LogP contribution in [0.1, 0.15) is 37.4 Å². The molecule has 4 nitrogen and oxygen atoms in total. The molecule has 84 valence electrons. The highest BCUT2D eigenvalue weighted by Gasteiger charge is 2.18. The average Bonchev–Trinajstić information content (AvgIpc) is 2.84. The molecule has 1 fully saturated rings. The Bertz CT molecular complexity index is 305. The van der Waals surface area contributed by atoms with Gasteiger partial charge in [-0.15, -0.1) is 0 Å². The van der Waals surface area contributed by atoms with Gasteiger partial charge < -0.3 is 9.84 Å². The third-order valence-corrected chi connectivity index (χ3v) is 2.90. The van der Waals surface area contributed by atoms with Crippen molar-refractivity contribution in [3.05, 3.63) is 18.0 Å². The molecule has 4 heteroatoms. The Morgan fingerprint density at radius 3 is 3.20 bits per heavy atom. The van der Waals surface area contributed by atoms with E-state index in [2.05, 4.69) is 5.10 Å². The Labute approximate surface area is 89.9 Å². The van der Waals surface area contributed by atoms with E-state index in [-0.39, 0.29) is 0 Å². The summed E-state index contributed by atoms with van der Waals surface area (Å²) in [6, 6.07) is 0. The van der Waals surface area contributed by atoms with Crippen molar-refractivity contribution in [2.75, 3.05) is 6.61 Å². The van der Waals surface area contributed by atoms with E-state index in [1.165, 1.54) is 0 Å². The summed E-state index contributed by atoms with van der Waals surface area (Å²) < 4.78 is 7.23. The summed E-state index contributed by atoms with van der Waals surface area (Å²) in [7, 11) is 1.86. The fraction of sp³-hybridized carbons (Fsp3) is 0.727. The fourth-order valence-electron chi connectivity index (χ4n) is 1.99. The van der Waals surface area contributed by atoms with E-state index in [0.717, 1.165) is 37.9 Å². The standard InChI is InChI=1S/C11H18N2O2/c1-13-8-9(7-12-13)11(14)5-4-10-3-2-6-15-10/h7-8,10-11,14H,2-6H2,1H3. The van der Waals surface area contributed by atoms with Crippen molar-refractivity contribution in [1.82, 2.24) is 9.78 Å². The van der Waals surface area contributed by atoms with Gasteiger partial charge in [0, 0.05) is 25.4 Å². The normalized spacial score (nSPS) is 23.2. The smallest absolute Gasteiger partial charge is 0.0821 e. The van der Waals surface area contributed by atoms with Crippen molar-refractivity contribution in [3.63, 3.8) is 0 Å². The molecule has 1 aliphatic heterocycles. The number of aromatic nitrogens is 2. The summed E-state index contributed by atoms with van der Waals surface area (Å²) in [6.07, 6.45) is 7.54. The Hall–Kier alpha value is -0.870. The number of hydrogen-bond acceptors (Lipinski definition) is 3. The molecule has 1 aromatic rings. The third-order valence-electron chi connectivity index (χ3n) is 2.90. The molecule has 15 heavy (non-hydrogen) atoms. The van der Waals surface area contributed by atoms with Gasteiger partial charge in [0.1, 0.15) is 0 Å². The second kappa shape index (κ2) is 4.77. The topological polar surface area (TPSA) is 47.3 Å². The molecule has 0 amide bonds. The monoisotopic (exact) mass is 210 g/mol. The number of aliphatic hydroxyl groups is 1. The van der Waals surface area contributed by atoms with Crippen LogP contribution in [0.25, 0.3) is 0 Å². The van der Waals surface area contributed by atoms with Gasteiger partial charge >= 0.3 is 0 Å². The summed E-state index contributed by atoms with van der Waals surface area (Å²) in [5.41, 5.74) is 0.899.